The molecule has 0 radical (unpaired) electrons. The molecule has 1 saturated heterocycles. The summed E-state index contributed by atoms with van der Waals surface area (Å²) in [5.41, 5.74) is 1.23. The maximum absolute atomic E-state index is 11.5. The third-order valence-corrected chi connectivity index (χ3v) is 7.04. The summed E-state index contributed by atoms with van der Waals surface area (Å²) >= 11 is 0. The molecule has 2 fully saturated rings. The van der Waals surface area contributed by atoms with E-state index in [2.05, 4.69) is 24.3 Å². The second-order valence-electron chi connectivity index (χ2n) is 9.34. The van der Waals surface area contributed by atoms with E-state index in [9.17, 15) is 4.79 Å². The van der Waals surface area contributed by atoms with E-state index in [0.29, 0.717) is 24.6 Å². The molecule has 1 aromatic carbocycles. The van der Waals surface area contributed by atoms with Gasteiger partial charge in [-0.05, 0) is 49.1 Å². The quantitative estimate of drug-likeness (QED) is 0.750. The highest BCUT2D eigenvalue weighted by atomic mass is 16.5. The number of piperidine rings is 1. The van der Waals surface area contributed by atoms with Crippen molar-refractivity contribution in [1.82, 2.24) is 15.4 Å². The van der Waals surface area contributed by atoms with Gasteiger partial charge in [0.05, 0.1) is 5.69 Å². The fourth-order valence-electron chi connectivity index (χ4n) is 4.73. The van der Waals surface area contributed by atoms with Crippen LogP contribution in [0.4, 0.5) is 0 Å². The maximum atomic E-state index is 11.5. The summed E-state index contributed by atoms with van der Waals surface area (Å²) in [4.78, 5) is 13.5. The number of para-hydroxylation sites is 1. The standard InChI is InChI=1S/C24H33N3O3/c1-17(28)27-11-9-19(10-12-27)25-23-14-18(24(23,2)3)13-20-15-22(30-26-20)16-29-21-7-5-4-6-8-21/h4-8,15,18-19,23,25H,9-14,16H2,1-3H3. The number of benzene rings is 1. The lowest BCUT2D eigenvalue weighted by Gasteiger charge is -2.54. The molecule has 2 unspecified atom stereocenters. The average molecular weight is 412 g/mol. The Kier molecular flexibility index (Phi) is 6.14. The van der Waals surface area contributed by atoms with Crippen LogP contribution >= 0.6 is 0 Å². The second kappa shape index (κ2) is 8.80. The minimum absolute atomic E-state index is 0.193. The fourth-order valence-corrected chi connectivity index (χ4v) is 4.73. The number of rotatable bonds is 7. The average Bonchev–Trinajstić information content (AvgIpc) is 3.20. The van der Waals surface area contributed by atoms with Gasteiger partial charge in [-0.15, -0.1) is 0 Å². The van der Waals surface area contributed by atoms with Gasteiger partial charge in [-0.25, -0.2) is 0 Å². The smallest absolute Gasteiger partial charge is 0.219 e. The predicted octanol–water partition coefficient (Wildman–Crippen LogP) is 3.81. The maximum Gasteiger partial charge on any atom is 0.219 e. The largest absolute Gasteiger partial charge is 0.486 e. The fraction of sp³-hybridized carbons (Fsp3) is 0.583. The molecule has 2 heterocycles. The summed E-state index contributed by atoms with van der Waals surface area (Å²) in [6, 6.07) is 12.8. The Bertz CT molecular complexity index is 840. The van der Waals surface area contributed by atoms with Crippen LogP contribution in [0.25, 0.3) is 0 Å². The normalized spacial score (nSPS) is 23.8. The summed E-state index contributed by atoms with van der Waals surface area (Å²) in [6.45, 7) is 8.50. The van der Waals surface area contributed by atoms with Gasteiger partial charge in [0.15, 0.2) is 5.76 Å². The zero-order chi connectivity index (χ0) is 21.1. The molecule has 1 amide bonds. The molecule has 1 N–H and O–H groups in total. The zero-order valence-electron chi connectivity index (χ0n) is 18.3. The van der Waals surface area contributed by atoms with Crippen LogP contribution in [0.3, 0.4) is 0 Å². The molecule has 6 heteroatoms. The highest BCUT2D eigenvalue weighted by Gasteiger charge is 2.48. The molecule has 1 aliphatic carbocycles. The summed E-state index contributed by atoms with van der Waals surface area (Å²) in [5.74, 6) is 2.37. The number of amides is 1. The topological polar surface area (TPSA) is 67.6 Å². The third kappa shape index (κ3) is 4.69. The monoisotopic (exact) mass is 411 g/mol. The highest BCUT2D eigenvalue weighted by molar-refractivity contribution is 5.73. The molecule has 0 bridgehead atoms. The number of ether oxygens (including phenoxy) is 1. The first-order valence-electron chi connectivity index (χ1n) is 11.1. The van der Waals surface area contributed by atoms with Crippen molar-refractivity contribution in [2.45, 2.75) is 65.1 Å². The Morgan fingerprint density at radius 3 is 2.67 bits per heavy atom. The lowest BCUT2D eigenvalue weighted by molar-refractivity contribution is -0.130. The summed E-state index contributed by atoms with van der Waals surface area (Å²) < 4.78 is 11.2. The van der Waals surface area contributed by atoms with Gasteiger partial charge in [0.1, 0.15) is 12.4 Å². The van der Waals surface area contributed by atoms with E-state index in [-0.39, 0.29) is 11.3 Å². The lowest BCUT2D eigenvalue weighted by atomic mass is 9.57. The SMILES string of the molecule is CC(=O)N1CCC(NC2CC(Cc3cc(COc4ccccc4)on3)C2(C)C)CC1. The minimum atomic E-state index is 0.193. The van der Waals surface area contributed by atoms with Gasteiger partial charge in [-0.3, -0.25) is 4.79 Å². The van der Waals surface area contributed by atoms with E-state index in [1.54, 1.807) is 6.92 Å². The third-order valence-electron chi connectivity index (χ3n) is 7.04. The molecule has 1 aromatic heterocycles. The van der Waals surface area contributed by atoms with E-state index >= 15 is 0 Å². The number of nitrogens with zero attached hydrogens (tertiary/aromatic N) is 2. The van der Waals surface area contributed by atoms with Gasteiger partial charge < -0.3 is 19.5 Å². The molecule has 1 aliphatic heterocycles. The van der Waals surface area contributed by atoms with Crippen molar-refractivity contribution in [3.63, 3.8) is 0 Å². The van der Waals surface area contributed by atoms with Crippen LogP contribution in [0.2, 0.25) is 0 Å². The van der Waals surface area contributed by atoms with Crippen LogP contribution in [-0.2, 0) is 17.8 Å². The van der Waals surface area contributed by atoms with E-state index in [4.69, 9.17) is 9.26 Å². The number of likely N-dealkylation sites (tertiary alicyclic amines) is 1. The molecular formula is C24H33N3O3. The van der Waals surface area contributed by atoms with E-state index in [0.717, 1.165) is 56.0 Å². The van der Waals surface area contributed by atoms with Crippen molar-refractivity contribution in [3.8, 4) is 5.75 Å². The first kappa shape index (κ1) is 20.9. The molecule has 1 saturated carbocycles. The molecule has 162 valence electrons. The van der Waals surface area contributed by atoms with Gasteiger partial charge in [-0.1, -0.05) is 37.2 Å². The van der Waals surface area contributed by atoms with Crippen molar-refractivity contribution < 1.29 is 14.1 Å². The Hall–Kier alpha value is -2.34. The first-order chi connectivity index (χ1) is 14.4. The molecular weight excluding hydrogens is 378 g/mol. The van der Waals surface area contributed by atoms with Crippen LogP contribution in [0.5, 0.6) is 5.75 Å². The Balaban J connectivity index is 1.23. The number of nitrogens with one attached hydrogen (secondary N) is 1. The molecule has 0 spiro atoms. The van der Waals surface area contributed by atoms with Crippen molar-refractivity contribution >= 4 is 5.91 Å². The molecule has 30 heavy (non-hydrogen) atoms. The first-order valence-corrected chi connectivity index (χ1v) is 11.1. The number of hydrogen-bond donors (Lipinski definition) is 1. The zero-order valence-corrected chi connectivity index (χ0v) is 18.3. The number of aromatic nitrogens is 1. The van der Waals surface area contributed by atoms with Crippen molar-refractivity contribution in [1.29, 1.82) is 0 Å². The van der Waals surface area contributed by atoms with Crippen LogP contribution in [0, 0.1) is 11.3 Å². The summed E-state index contributed by atoms with van der Waals surface area (Å²) in [6.07, 6.45) is 4.18. The number of carbonyl (C=O) groups excluding carboxylic acids is 1. The van der Waals surface area contributed by atoms with Gasteiger partial charge in [0.25, 0.3) is 0 Å². The van der Waals surface area contributed by atoms with Crippen molar-refractivity contribution in [2.24, 2.45) is 11.3 Å². The van der Waals surface area contributed by atoms with Crippen LogP contribution in [-0.4, -0.2) is 41.1 Å². The second-order valence-corrected chi connectivity index (χ2v) is 9.34. The Morgan fingerprint density at radius 1 is 1.27 bits per heavy atom. The van der Waals surface area contributed by atoms with E-state index in [1.165, 1.54) is 0 Å². The van der Waals surface area contributed by atoms with E-state index in [1.807, 2.05) is 41.3 Å². The lowest BCUT2D eigenvalue weighted by Crippen LogP contribution is -2.61. The molecule has 2 aromatic rings. The summed E-state index contributed by atoms with van der Waals surface area (Å²) in [7, 11) is 0. The summed E-state index contributed by atoms with van der Waals surface area (Å²) in [5, 5.41) is 8.13. The number of hydrogen-bond acceptors (Lipinski definition) is 5. The Labute approximate surface area is 179 Å². The molecule has 4 rings (SSSR count). The number of carbonyl (C=O) groups is 1. The van der Waals surface area contributed by atoms with Crippen molar-refractivity contribution in [3.05, 3.63) is 47.9 Å². The van der Waals surface area contributed by atoms with Crippen LogP contribution in [0.15, 0.2) is 40.9 Å². The molecule has 6 nitrogen and oxygen atoms in total. The van der Waals surface area contributed by atoms with Crippen LogP contribution in [0.1, 0.15) is 51.5 Å². The van der Waals surface area contributed by atoms with Gasteiger partial charge in [0, 0.05) is 38.2 Å². The molecule has 2 atom stereocenters. The Morgan fingerprint density at radius 2 is 2.00 bits per heavy atom. The van der Waals surface area contributed by atoms with E-state index < -0.39 is 0 Å². The van der Waals surface area contributed by atoms with Crippen LogP contribution < -0.4 is 10.1 Å². The minimum Gasteiger partial charge on any atom is -0.486 e. The highest BCUT2D eigenvalue weighted by Crippen LogP contribution is 2.48. The van der Waals surface area contributed by atoms with Gasteiger partial charge in [-0.2, -0.15) is 0 Å². The molecule has 2 aliphatic rings. The van der Waals surface area contributed by atoms with Gasteiger partial charge in [0.2, 0.25) is 5.91 Å². The van der Waals surface area contributed by atoms with Gasteiger partial charge >= 0.3 is 0 Å². The van der Waals surface area contributed by atoms with Crippen molar-refractivity contribution in [2.75, 3.05) is 13.1 Å². The predicted molar refractivity (Wildman–Crippen MR) is 115 cm³/mol.